The Kier molecular flexibility index (Phi) is 2.08. The third kappa shape index (κ3) is 1.39. The Morgan fingerprint density at radius 1 is 1.38 bits per heavy atom. The highest BCUT2D eigenvalue weighted by Crippen LogP contribution is 2.40. The first-order chi connectivity index (χ1) is 7.33. The van der Waals surface area contributed by atoms with Crippen molar-refractivity contribution < 1.29 is 30.0 Å². The second-order valence-corrected chi connectivity index (χ2v) is 3.78. The highest BCUT2D eigenvalue weighted by molar-refractivity contribution is 5.95. The van der Waals surface area contributed by atoms with Gasteiger partial charge in [-0.2, -0.15) is 0 Å². The van der Waals surface area contributed by atoms with Crippen LogP contribution in [0.15, 0.2) is 12.1 Å². The number of ether oxygens (including phenoxy) is 1. The number of carbonyl (C=O) groups is 1. The van der Waals surface area contributed by atoms with Crippen LogP contribution in [-0.2, 0) is 4.74 Å². The van der Waals surface area contributed by atoms with Crippen LogP contribution >= 0.6 is 0 Å². The number of hydrogen-bond donors (Lipinski definition) is 4. The molecule has 0 aliphatic carbocycles. The number of aliphatic hydroxyl groups excluding tert-OH is 1. The van der Waals surface area contributed by atoms with Crippen molar-refractivity contribution >= 4 is 5.97 Å². The van der Waals surface area contributed by atoms with Gasteiger partial charge in [-0.05, 0) is 6.07 Å². The van der Waals surface area contributed by atoms with Crippen LogP contribution < -0.4 is 0 Å². The smallest absolute Gasteiger partial charge is 0.344 e. The largest absolute Gasteiger partial charge is 0.508 e. The molecule has 1 aromatic carbocycles. The van der Waals surface area contributed by atoms with Gasteiger partial charge in [0.25, 0.3) is 0 Å². The van der Waals surface area contributed by atoms with Gasteiger partial charge in [0.2, 0.25) is 5.79 Å². The molecule has 6 heteroatoms. The highest BCUT2D eigenvalue weighted by atomic mass is 16.7. The molecule has 4 N–H and O–H groups in total. The number of cyclic esters (lactones) is 1. The average molecular weight is 226 g/mol. The molecular formula is C10H10O6. The normalized spacial score (nSPS) is 28.4. The van der Waals surface area contributed by atoms with Gasteiger partial charge >= 0.3 is 5.97 Å². The summed E-state index contributed by atoms with van der Waals surface area (Å²) in [5, 5.41) is 38.0. The summed E-state index contributed by atoms with van der Waals surface area (Å²) < 4.78 is 4.56. The third-order valence-corrected chi connectivity index (χ3v) is 2.44. The minimum absolute atomic E-state index is 0.0706. The zero-order valence-electron chi connectivity index (χ0n) is 8.34. The van der Waals surface area contributed by atoms with E-state index in [1.54, 1.807) is 0 Å². The minimum Gasteiger partial charge on any atom is -0.508 e. The molecule has 2 rings (SSSR count). The molecule has 0 saturated carbocycles. The van der Waals surface area contributed by atoms with Crippen LogP contribution in [0.4, 0.5) is 0 Å². The molecule has 2 atom stereocenters. The molecule has 6 nitrogen and oxygen atoms in total. The Hall–Kier alpha value is -1.79. The number of rotatable bonds is 0. The molecule has 86 valence electrons. The monoisotopic (exact) mass is 226 g/mol. The summed E-state index contributed by atoms with van der Waals surface area (Å²) in [4.78, 5) is 11.4. The van der Waals surface area contributed by atoms with E-state index in [1.165, 1.54) is 0 Å². The molecule has 0 amide bonds. The van der Waals surface area contributed by atoms with Crippen molar-refractivity contribution in [1.82, 2.24) is 0 Å². The van der Waals surface area contributed by atoms with Gasteiger partial charge in [-0.1, -0.05) is 0 Å². The molecule has 0 bridgehead atoms. The maximum atomic E-state index is 11.4. The van der Waals surface area contributed by atoms with E-state index in [1.807, 2.05) is 0 Å². The molecule has 2 unspecified atom stereocenters. The van der Waals surface area contributed by atoms with Gasteiger partial charge < -0.3 is 25.2 Å². The van der Waals surface area contributed by atoms with Crippen LogP contribution in [-0.4, -0.2) is 32.2 Å². The van der Waals surface area contributed by atoms with Gasteiger partial charge in [0.05, 0.1) is 0 Å². The van der Waals surface area contributed by atoms with E-state index in [0.29, 0.717) is 0 Å². The Balaban J connectivity index is 2.68. The summed E-state index contributed by atoms with van der Waals surface area (Å²) in [7, 11) is 0. The first-order valence-corrected chi connectivity index (χ1v) is 4.52. The van der Waals surface area contributed by atoms with Crippen molar-refractivity contribution in [3.8, 4) is 11.5 Å². The van der Waals surface area contributed by atoms with Gasteiger partial charge in [-0.25, -0.2) is 4.79 Å². The van der Waals surface area contributed by atoms with E-state index in [4.69, 9.17) is 0 Å². The summed E-state index contributed by atoms with van der Waals surface area (Å²) in [6.45, 7) is 1.11. The Bertz CT molecular complexity index is 465. The quantitative estimate of drug-likeness (QED) is 0.464. The molecule has 16 heavy (non-hydrogen) atoms. The SMILES string of the molecule is CC1(O)OC(=O)c2c(O)cc(O)cc2C1O. The summed E-state index contributed by atoms with van der Waals surface area (Å²) in [6.07, 6.45) is -1.53. The van der Waals surface area contributed by atoms with Crippen molar-refractivity contribution in [2.45, 2.75) is 18.8 Å². The molecule has 0 spiro atoms. The molecular weight excluding hydrogens is 216 g/mol. The van der Waals surface area contributed by atoms with Crippen LogP contribution in [0.3, 0.4) is 0 Å². The molecule has 1 aromatic rings. The van der Waals surface area contributed by atoms with E-state index in [0.717, 1.165) is 19.1 Å². The lowest BCUT2D eigenvalue weighted by molar-refractivity contribution is -0.220. The molecule has 0 aromatic heterocycles. The predicted octanol–water partition coefficient (Wildman–Crippen LogP) is 0.0101. The van der Waals surface area contributed by atoms with E-state index in [-0.39, 0.29) is 16.9 Å². The van der Waals surface area contributed by atoms with E-state index < -0.39 is 23.6 Å². The molecule has 0 saturated heterocycles. The summed E-state index contributed by atoms with van der Waals surface area (Å²) in [5.41, 5.74) is -0.324. The van der Waals surface area contributed by atoms with Crippen molar-refractivity contribution in [1.29, 1.82) is 0 Å². The van der Waals surface area contributed by atoms with Crippen LogP contribution in [0.1, 0.15) is 28.9 Å². The van der Waals surface area contributed by atoms with Gasteiger partial charge in [-0.15, -0.1) is 0 Å². The fourth-order valence-corrected chi connectivity index (χ4v) is 1.65. The molecule has 0 radical (unpaired) electrons. The fraction of sp³-hybridized carbons (Fsp3) is 0.300. The zero-order valence-corrected chi connectivity index (χ0v) is 8.34. The van der Waals surface area contributed by atoms with Crippen molar-refractivity contribution in [2.24, 2.45) is 0 Å². The topological polar surface area (TPSA) is 107 Å². The van der Waals surface area contributed by atoms with Gasteiger partial charge in [0.1, 0.15) is 23.2 Å². The molecule has 1 aliphatic rings. The number of benzene rings is 1. The number of aromatic hydroxyl groups is 2. The number of phenols is 2. The summed E-state index contributed by atoms with van der Waals surface area (Å²) in [6, 6.07) is 2.04. The van der Waals surface area contributed by atoms with Crippen LogP contribution in [0, 0.1) is 0 Å². The Morgan fingerprint density at radius 3 is 2.62 bits per heavy atom. The average Bonchev–Trinajstić information content (AvgIpc) is 2.12. The minimum atomic E-state index is -2.08. The number of fused-ring (bicyclic) bond motifs is 1. The second-order valence-electron chi connectivity index (χ2n) is 3.78. The van der Waals surface area contributed by atoms with Crippen LogP contribution in [0.2, 0.25) is 0 Å². The van der Waals surface area contributed by atoms with Crippen molar-refractivity contribution in [2.75, 3.05) is 0 Å². The fourth-order valence-electron chi connectivity index (χ4n) is 1.65. The van der Waals surface area contributed by atoms with Crippen LogP contribution in [0.5, 0.6) is 11.5 Å². The number of esters is 1. The van der Waals surface area contributed by atoms with E-state index in [9.17, 15) is 25.2 Å². The standard InChI is InChI=1S/C10H10O6/c1-10(15)8(13)5-2-4(11)3-6(12)7(5)9(14)16-10/h2-3,8,11-13,15H,1H3. The lowest BCUT2D eigenvalue weighted by atomic mass is 9.93. The highest BCUT2D eigenvalue weighted by Gasteiger charge is 2.44. The number of phenolic OH excluding ortho intramolecular Hbond substituents is 2. The van der Waals surface area contributed by atoms with E-state index in [2.05, 4.69) is 4.74 Å². The first kappa shape index (κ1) is 10.7. The summed E-state index contributed by atoms with van der Waals surface area (Å²) in [5.74, 6) is -3.86. The number of aliphatic hydroxyl groups is 2. The third-order valence-electron chi connectivity index (χ3n) is 2.44. The molecule has 1 aliphatic heterocycles. The summed E-state index contributed by atoms with van der Waals surface area (Å²) >= 11 is 0. The number of hydrogen-bond acceptors (Lipinski definition) is 6. The van der Waals surface area contributed by atoms with Crippen molar-refractivity contribution in [3.05, 3.63) is 23.3 Å². The van der Waals surface area contributed by atoms with Gasteiger partial charge in [0, 0.05) is 18.6 Å². The molecule has 1 heterocycles. The lowest BCUT2D eigenvalue weighted by Gasteiger charge is -2.34. The van der Waals surface area contributed by atoms with Crippen molar-refractivity contribution in [3.63, 3.8) is 0 Å². The first-order valence-electron chi connectivity index (χ1n) is 4.52. The predicted molar refractivity (Wildman–Crippen MR) is 50.8 cm³/mol. The van der Waals surface area contributed by atoms with Crippen LogP contribution in [0.25, 0.3) is 0 Å². The Labute approximate surface area is 90.3 Å². The lowest BCUT2D eigenvalue weighted by Crippen LogP contribution is -2.42. The number of carbonyl (C=O) groups excluding carboxylic acids is 1. The maximum absolute atomic E-state index is 11.4. The van der Waals surface area contributed by atoms with Gasteiger partial charge in [0.15, 0.2) is 0 Å². The Morgan fingerprint density at radius 2 is 2.00 bits per heavy atom. The van der Waals surface area contributed by atoms with Gasteiger partial charge in [-0.3, -0.25) is 0 Å². The molecule has 0 fully saturated rings. The second kappa shape index (κ2) is 3.10. The zero-order chi connectivity index (χ0) is 12.1. The maximum Gasteiger partial charge on any atom is 0.344 e. The van der Waals surface area contributed by atoms with E-state index >= 15 is 0 Å².